The molecule has 0 N–H and O–H groups in total. The van der Waals surface area contributed by atoms with Crippen molar-refractivity contribution in [1.29, 1.82) is 0 Å². The highest BCUT2D eigenvalue weighted by Crippen LogP contribution is 2.14. The van der Waals surface area contributed by atoms with Gasteiger partial charge in [-0.15, -0.1) is 11.3 Å². The molecule has 122 valence electrons. The number of nitrogens with zero attached hydrogens (tertiary/aromatic N) is 3. The molecule has 2 aromatic rings. The third kappa shape index (κ3) is 3.37. The van der Waals surface area contributed by atoms with E-state index >= 15 is 0 Å². The van der Waals surface area contributed by atoms with E-state index in [0.717, 1.165) is 21.9 Å². The van der Waals surface area contributed by atoms with Crippen molar-refractivity contribution in [2.45, 2.75) is 13.5 Å². The third-order valence-corrected chi connectivity index (χ3v) is 5.66. The molecular formula is C15H17N3O3S2. The van der Waals surface area contributed by atoms with Gasteiger partial charge in [0.05, 0.1) is 4.88 Å². The molecule has 2 amide bonds. The normalized spacial score (nSPS) is 15.0. The van der Waals surface area contributed by atoms with Crippen LogP contribution in [0.5, 0.6) is 0 Å². The fraction of sp³-hybridized carbons (Fsp3) is 0.400. The monoisotopic (exact) mass is 351 g/mol. The van der Waals surface area contributed by atoms with E-state index in [1.54, 1.807) is 15.2 Å². The Kier molecular flexibility index (Phi) is 4.63. The Morgan fingerprint density at radius 3 is 2.39 bits per heavy atom. The van der Waals surface area contributed by atoms with Crippen LogP contribution in [0.25, 0.3) is 0 Å². The average molecular weight is 351 g/mol. The van der Waals surface area contributed by atoms with Gasteiger partial charge in [-0.2, -0.15) is 0 Å². The molecule has 0 unspecified atom stereocenters. The maximum absolute atomic E-state index is 12.3. The SMILES string of the molecule is Cc1csc(=O)n1CC(=O)N1CCN(C(=O)c2cccs2)CC1. The first kappa shape index (κ1) is 15.9. The number of hydrogen-bond acceptors (Lipinski definition) is 5. The number of hydrogen-bond donors (Lipinski definition) is 0. The number of carbonyl (C=O) groups is 2. The molecule has 23 heavy (non-hydrogen) atoms. The van der Waals surface area contributed by atoms with Crippen molar-refractivity contribution >= 4 is 34.5 Å². The van der Waals surface area contributed by atoms with Crippen molar-refractivity contribution in [3.63, 3.8) is 0 Å². The van der Waals surface area contributed by atoms with E-state index in [-0.39, 0.29) is 23.2 Å². The lowest BCUT2D eigenvalue weighted by Gasteiger charge is -2.34. The molecule has 0 atom stereocenters. The van der Waals surface area contributed by atoms with Gasteiger partial charge in [0, 0.05) is 37.3 Å². The lowest BCUT2D eigenvalue weighted by molar-refractivity contribution is -0.133. The first-order valence-electron chi connectivity index (χ1n) is 7.32. The smallest absolute Gasteiger partial charge is 0.307 e. The Hall–Kier alpha value is -1.93. The number of carbonyl (C=O) groups excluding carboxylic acids is 2. The lowest BCUT2D eigenvalue weighted by Crippen LogP contribution is -2.51. The number of aromatic nitrogens is 1. The van der Waals surface area contributed by atoms with E-state index in [4.69, 9.17) is 0 Å². The van der Waals surface area contributed by atoms with Crippen LogP contribution in [0.4, 0.5) is 0 Å². The fourth-order valence-corrected chi connectivity index (χ4v) is 3.97. The van der Waals surface area contributed by atoms with Crippen LogP contribution in [0.15, 0.2) is 27.7 Å². The zero-order valence-electron chi connectivity index (χ0n) is 12.7. The average Bonchev–Trinajstić information content (AvgIpc) is 3.20. The van der Waals surface area contributed by atoms with Crippen LogP contribution in [0.2, 0.25) is 0 Å². The number of rotatable bonds is 3. The van der Waals surface area contributed by atoms with Crippen molar-refractivity contribution in [1.82, 2.24) is 14.4 Å². The molecule has 1 saturated heterocycles. The molecule has 0 spiro atoms. The van der Waals surface area contributed by atoms with Crippen LogP contribution in [0.3, 0.4) is 0 Å². The Balaban J connectivity index is 1.57. The molecule has 3 rings (SSSR count). The first-order chi connectivity index (χ1) is 11.1. The molecule has 0 aliphatic carbocycles. The van der Waals surface area contributed by atoms with Crippen LogP contribution in [0.1, 0.15) is 15.4 Å². The molecule has 0 saturated carbocycles. The predicted molar refractivity (Wildman–Crippen MR) is 90.1 cm³/mol. The van der Waals surface area contributed by atoms with Gasteiger partial charge < -0.3 is 9.80 Å². The Labute approximate surface area is 141 Å². The van der Waals surface area contributed by atoms with E-state index in [0.29, 0.717) is 26.2 Å². The number of thiazole rings is 1. The van der Waals surface area contributed by atoms with Gasteiger partial charge in [0.15, 0.2) is 0 Å². The van der Waals surface area contributed by atoms with E-state index in [2.05, 4.69) is 0 Å². The standard InChI is InChI=1S/C15H17N3O3S2/c1-11-10-23-15(21)18(11)9-13(19)16-4-6-17(7-5-16)14(20)12-3-2-8-22-12/h2-3,8,10H,4-7,9H2,1H3. The van der Waals surface area contributed by atoms with Gasteiger partial charge in [0.25, 0.3) is 5.91 Å². The zero-order valence-corrected chi connectivity index (χ0v) is 14.4. The molecule has 0 radical (unpaired) electrons. The van der Waals surface area contributed by atoms with Crippen LogP contribution in [-0.4, -0.2) is 52.4 Å². The summed E-state index contributed by atoms with van der Waals surface area (Å²) in [6.45, 7) is 3.97. The quantitative estimate of drug-likeness (QED) is 0.836. The second kappa shape index (κ2) is 6.67. The van der Waals surface area contributed by atoms with Crippen LogP contribution < -0.4 is 4.87 Å². The van der Waals surface area contributed by atoms with Gasteiger partial charge in [0.2, 0.25) is 5.91 Å². The number of amides is 2. The van der Waals surface area contributed by atoms with Crippen molar-refractivity contribution in [3.05, 3.63) is 43.1 Å². The molecule has 2 aromatic heterocycles. The summed E-state index contributed by atoms with van der Waals surface area (Å²) in [5.41, 5.74) is 0.805. The molecule has 8 heteroatoms. The maximum atomic E-state index is 12.3. The van der Waals surface area contributed by atoms with Crippen LogP contribution in [0, 0.1) is 6.92 Å². The molecule has 1 fully saturated rings. The molecule has 0 bridgehead atoms. The number of thiophene rings is 1. The minimum Gasteiger partial charge on any atom is -0.338 e. The highest BCUT2D eigenvalue weighted by Gasteiger charge is 2.25. The summed E-state index contributed by atoms with van der Waals surface area (Å²) in [5.74, 6) is -0.0474. The Morgan fingerprint density at radius 2 is 1.83 bits per heavy atom. The Bertz CT molecular complexity index is 755. The molecule has 1 aliphatic rings. The summed E-state index contributed by atoms with van der Waals surface area (Å²) in [6.07, 6.45) is 0. The van der Waals surface area contributed by atoms with E-state index in [1.807, 2.05) is 24.4 Å². The van der Waals surface area contributed by atoms with E-state index in [1.165, 1.54) is 15.9 Å². The highest BCUT2D eigenvalue weighted by atomic mass is 32.1. The lowest BCUT2D eigenvalue weighted by atomic mass is 10.3. The fourth-order valence-electron chi connectivity index (χ4n) is 2.55. The maximum Gasteiger partial charge on any atom is 0.307 e. The summed E-state index contributed by atoms with van der Waals surface area (Å²) in [6, 6.07) is 3.68. The Morgan fingerprint density at radius 1 is 1.13 bits per heavy atom. The molecule has 0 aromatic carbocycles. The van der Waals surface area contributed by atoms with Crippen LogP contribution >= 0.6 is 22.7 Å². The largest absolute Gasteiger partial charge is 0.338 e. The topological polar surface area (TPSA) is 62.6 Å². The highest BCUT2D eigenvalue weighted by molar-refractivity contribution is 7.12. The van der Waals surface area contributed by atoms with E-state index in [9.17, 15) is 14.4 Å². The predicted octanol–water partition coefficient (Wildman–Crippen LogP) is 1.26. The van der Waals surface area contributed by atoms with Crippen LogP contribution in [-0.2, 0) is 11.3 Å². The zero-order chi connectivity index (χ0) is 16.4. The van der Waals surface area contributed by atoms with Gasteiger partial charge >= 0.3 is 4.87 Å². The number of aryl methyl sites for hydroxylation is 1. The molecule has 3 heterocycles. The second-order valence-electron chi connectivity index (χ2n) is 5.38. The minimum atomic E-state index is -0.109. The van der Waals surface area contributed by atoms with Crippen molar-refractivity contribution < 1.29 is 9.59 Å². The molecule has 6 nitrogen and oxygen atoms in total. The van der Waals surface area contributed by atoms with Crippen molar-refractivity contribution in [2.24, 2.45) is 0 Å². The van der Waals surface area contributed by atoms with Gasteiger partial charge in [0.1, 0.15) is 6.54 Å². The summed E-state index contributed by atoms with van der Waals surface area (Å²) >= 11 is 2.54. The summed E-state index contributed by atoms with van der Waals surface area (Å²) < 4.78 is 1.50. The van der Waals surface area contributed by atoms with E-state index < -0.39 is 0 Å². The van der Waals surface area contributed by atoms with Crippen molar-refractivity contribution in [2.75, 3.05) is 26.2 Å². The minimum absolute atomic E-state index is 0.0250. The van der Waals surface area contributed by atoms with Crippen molar-refractivity contribution in [3.8, 4) is 0 Å². The summed E-state index contributed by atoms with van der Waals surface area (Å²) in [7, 11) is 0. The first-order valence-corrected chi connectivity index (χ1v) is 9.07. The molecular weight excluding hydrogens is 334 g/mol. The van der Waals surface area contributed by atoms with Gasteiger partial charge in [-0.3, -0.25) is 19.0 Å². The second-order valence-corrected chi connectivity index (χ2v) is 7.15. The summed E-state index contributed by atoms with van der Waals surface area (Å²) in [5, 5.41) is 3.64. The van der Waals surface area contributed by atoms with Gasteiger partial charge in [-0.05, 0) is 18.4 Å². The van der Waals surface area contributed by atoms with Gasteiger partial charge in [-0.1, -0.05) is 17.4 Å². The summed E-state index contributed by atoms with van der Waals surface area (Å²) in [4.78, 5) is 40.4. The molecule has 1 aliphatic heterocycles. The van der Waals surface area contributed by atoms with Gasteiger partial charge in [-0.25, -0.2) is 0 Å². The number of piperazine rings is 1. The third-order valence-electron chi connectivity index (χ3n) is 3.92.